The summed E-state index contributed by atoms with van der Waals surface area (Å²) in [7, 11) is 0. The van der Waals surface area contributed by atoms with Gasteiger partial charge in [0.25, 0.3) is 5.56 Å². The highest BCUT2D eigenvalue weighted by molar-refractivity contribution is 7.99. The van der Waals surface area contributed by atoms with Crippen LogP contribution in [0.4, 0.5) is 10.1 Å². The SMILES string of the molecule is CCN(C(=O)CSc1nnc2n(Cc3ccccc3)c(=O)c3ccccc3n12)c1ccc(F)cc1. The molecule has 0 radical (unpaired) electrons. The Morgan fingerprint density at radius 1 is 0.971 bits per heavy atom. The van der Waals surface area contributed by atoms with Gasteiger partial charge in [0, 0.05) is 12.2 Å². The summed E-state index contributed by atoms with van der Waals surface area (Å²) in [4.78, 5) is 27.9. The minimum atomic E-state index is -0.352. The molecule has 7 nitrogen and oxygen atoms in total. The van der Waals surface area contributed by atoms with E-state index in [0.717, 1.165) is 5.56 Å². The number of thioether (sulfide) groups is 1. The fraction of sp³-hybridized carbons (Fsp3) is 0.154. The Labute approximate surface area is 204 Å². The summed E-state index contributed by atoms with van der Waals surface area (Å²) >= 11 is 1.25. The molecule has 0 aliphatic rings. The van der Waals surface area contributed by atoms with Crippen molar-refractivity contribution in [3.8, 4) is 0 Å². The molecule has 0 N–H and O–H groups in total. The third-order valence-corrected chi connectivity index (χ3v) is 6.66. The lowest BCUT2D eigenvalue weighted by atomic mass is 10.2. The number of aromatic nitrogens is 4. The Morgan fingerprint density at radius 2 is 1.69 bits per heavy atom. The number of hydrogen-bond acceptors (Lipinski definition) is 5. The van der Waals surface area contributed by atoms with Gasteiger partial charge < -0.3 is 4.90 Å². The normalized spacial score (nSPS) is 11.3. The van der Waals surface area contributed by atoms with Crippen LogP contribution in [0.25, 0.3) is 16.7 Å². The number of carbonyl (C=O) groups excluding carboxylic acids is 1. The van der Waals surface area contributed by atoms with Crippen molar-refractivity contribution in [1.29, 1.82) is 0 Å². The average molecular weight is 488 g/mol. The van der Waals surface area contributed by atoms with Crippen molar-refractivity contribution < 1.29 is 9.18 Å². The van der Waals surface area contributed by atoms with Gasteiger partial charge in [-0.15, -0.1) is 10.2 Å². The number of nitrogens with zero attached hydrogens (tertiary/aromatic N) is 5. The molecule has 0 aliphatic carbocycles. The number of amides is 1. The van der Waals surface area contributed by atoms with Crippen LogP contribution >= 0.6 is 11.8 Å². The molecule has 2 aromatic heterocycles. The highest BCUT2D eigenvalue weighted by atomic mass is 32.2. The Kier molecular flexibility index (Phi) is 6.33. The zero-order valence-corrected chi connectivity index (χ0v) is 19.8. The molecular formula is C26H22FN5O2S. The molecule has 35 heavy (non-hydrogen) atoms. The summed E-state index contributed by atoms with van der Waals surface area (Å²) in [5.74, 6) is 0.0363. The van der Waals surface area contributed by atoms with Crippen molar-refractivity contribution in [1.82, 2.24) is 19.2 Å². The van der Waals surface area contributed by atoms with Crippen LogP contribution < -0.4 is 10.5 Å². The first-order valence-electron chi connectivity index (χ1n) is 11.2. The molecule has 9 heteroatoms. The van der Waals surface area contributed by atoms with E-state index in [4.69, 9.17) is 0 Å². The van der Waals surface area contributed by atoms with Gasteiger partial charge in [-0.2, -0.15) is 0 Å². The van der Waals surface area contributed by atoms with Gasteiger partial charge >= 0.3 is 0 Å². The van der Waals surface area contributed by atoms with Crippen molar-refractivity contribution in [2.24, 2.45) is 0 Å². The van der Waals surface area contributed by atoms with Crippen LogP contribution in [0.2, 0.25) is 0 Å². The molecule has 5 aromatic rings. The van der Waals surface area contributed by atoms with E-state index in [0.29, 0.717) is 40.6 Å². The predicted octanol–water partition coefficient (Wildman–Crippen LogP) is 4.38. The number of fused-ring (bicyclic) bond motifs is 3. The number of anilines is 1. The number of benzene rings is 3. The first-order valence-corrected chi connectivity index (χ1v) is 12.1. The van der Waals surface area contributed by atoms with Gasteiger partial charge in [-0.05, 0) is 48.9 Å². The highest BCUT2D eigenvalue weighted by Crippen LogP contribution is 2.23. The number of hydrogen-bond donors (Lipinski definition) is 0. The molecule has 0 saturated heterocycles. The highest BCUT2D eigenvalue weighted by Gasteiger charge is 2.20. The summed E-state index contributed by atoms with van der Waals surface area (Å²) in [5, 5.41) is 9.71. The largest absolute Gasteiger partial charge is 0.312 e. The van der Waals surface area contributed by atoms with Crippen LogP contribution in [0.15, 0.2) is 88.8 Å². The maximum atomic E-state index is 13.3. The fourth-order valence-corrected chi connectivity index (χ4v) is 4.88. The molecule has 2 heterocycles. The summed E-state index contributed by atoms with van der Waals surface area (Å²) < 4.78 is 16.7. The lowest BCUT2D eigenvalue weighted by Crippen LogP contribution is -2.32. The lowest BCUT2D eigenvalue weighted by Gasteiger charge is -2.20. The minimum Gasteiger partial charge on any atom is -0.312 e. The van der Waals surface area contributed by atoms with E-state index in [2.05, 4.69) is 10.2 Å². The molecule has 0 aliphatic heterocycles. The van der Waals surface area contributed by atoms with Gasteiger partial charge in [0.15, 0.2) is 5.16 Å². The Balaban J connectivity index is 1.51. The van der Waals surface area contributed by atoms with Crippen LogP contribution in [0, 0.1) is 5.82 Å². The molecule has 0 spiro atoms. The molecule has 0 atom stereocenters. The quantitative estimate of drug-likeness (QED) is 0.319. The van der Waals surface area contributed by atoms with E-state index in [1.807, 2.05) is 59.9 Å². The van der Waals surface area contributed by atoms with E-state index in [9.17, 15) is 14.0 Å². The standard InChI is InChI=1S/C26H22FN5O2S/c1-2-30(20-14-12-19(27)13-15-20)23(33)17-35-26-29-28-25-31(16-18-8-4-3-5-9-18)24(34)21-10-6-7-11-22(21)32(25)26/h3-15H,2,16-17H2,1H3. The maximum absolute atomic E-state index is 13.3. The molecule has 0 fully saturated rings. The van der Waals surface area contributed by atoms with Crippen molar-refractivity contribution in [3.63, 3.8) is 0 Å². The molecule has 0 unspecified atom stereocenters. The van der Waals surface area contributed by atoms with Gasteiger partial charge in [-0.25, -0.2) is 4.39 Å². The van der Waals surface area contributed by atoms with E-state index < -0.39 is 0 Å². The zero-order valence-electron chi connectivity index (χ0n) is 19.0. The number of para-hydroxylation sites is 1. The average Bonchev–Trinajstić information content (AvgIpc) is 3.31. The summed E-state index contributed by atoms with van der Waals surface area (Å²) in [6.45, 7) is 2.67. The van der Waals surface area contributed by atoms with Gasteiger partial charge in [-0.3, -0.25) is 18.6 Å². The summed E-state index contributed by atoms with van der Waals surface area (Å²) in [5.41, 5.74) is 2.14. The second-order valence-electron chi connectivity index (χ2n) is 7.92. The van der Waals surface area contributed by atoms with Crippen molar-refractivity contribution in [3.05, 3.63) is 101 Å². The van der Waals surface area contributed by atoms with Gasteiger partial charge in [0.05, 0.1) is 23.2 Å². The topological polar surface area (TPSA) is 72.5 Å². The molecule has 5 rings (SSSR count). The van der Waals surface area contributed by atoms with Gasteiger partial charge in [0.2, 0.25) is 11.7 Å². The monoisotopic (exact) mass is 487 g/mol. The number of halogens is 1. The fourth-order valence-electron chi connectivity index (χ4n) is 4.06. The molecule has 1 amide bonds. The Morgan fingerprint density at radius 3 is 2.43 bits per heavy atom. The van der Waals surface area contributed by atoms with Crippen LogP contribution in [0.1, 0.15) is 12.5 Å². The lowest BCUT2D eigenvalue weighted by molar-refractivity contribution is -0.116. The second-order valence-corrected chi connectivity index (χ2v) is 8.86. The van der Waals surface area contributed by atoms with Crippen molar-refractivity contribution in [2.45, 2.75) is 18.6 Å². The zero-order chi connectivity index (χ0) is 24.4. The van der Waals surface area contributed by atoms with E-state index in [1.165, 1.54) is 23.9 Å². The first-order chi connectivity index (χ1) is 17.1. The van der Waals surface area contributed by atoms with Crippen molar-refractivity contribution >= 4 is 40.0 Å². The van der Waals surface area contributed by atoms with Gasteiger partial charge in [-0.1, -0.05) is 54.2 Å². The Hall–Kier alpha value is -3.98. The summed E-state index contributed by atoms with van der Waals surface area (Å²) in [6, 6.07) is 22.9. The third kappa shape index (κ3) is 4.42. The van der Waals surface area contributed by atoms with Crippen LogP contribution in [-0.2, 0) is 11.3 Å². The van der Waals surface area contributed by atoms with Crippen LogP contribution in [0.3, 0.4) is 0 Å². The second kappa shape index (κ2) is 9.71. The molecule has 3 aromatic carbocycles. The smallest absolute Gasteiger partial charge is 0.263 e. The van der Waals surface area contributed by atoms with E-state index >= 15 is 0 Å². The number of carbonyl (C=O) groups is 1. The predicted molar refractivity (Wildman–Crippen MR) is 135 cm³/mol. The number of rotatable bonds is 7. The summed E-state index contributed by atoms with van der Waals surface area (Å²) in [6.07, 6.45) is 0. The molecular weight excluding hydrogens is 465 g/mol. The third-order valence-electron chi connectivity index (χ3n) is 5.74. The van der Waals surface area contributed by atoms with Gasteiger partial charge in [0.1, 0.15) is 5.82 Å². The van der Waals surface area contributed by atoms with Crippen LogP contribution in [0.5, 0.6) is 0 Å². The molecule has 0 saturated carbocycles. The van der Waals surface area contributed by atoms with E-state index in [-0.39, 0.29) is 23.0 Å². The minimum absolute atomic E-state index is 0.109. The first kappa shape index (κ1) is 22.8. The molecule has 176 valence electrons. The Bertz CT molecular complexity index is 1560. The maximum Gasteiger partial charge on any atom is 0.263 e. The van der Waals surface area contributed by atoms with E-state index in [1.54, 1.807) is 27.7 Å². The van der Waals surface area contributed by atoms with Crippen LogP contribution in [-0.4, -0.2) is 37.4 Å². The molecule has 0 bridgehead atoms. The van der Waals surface area contributed by atoms with Crippen molar-refractivity contribution in [2.75, 3.05) is 17.2 Å².